The maximum absolute atomic E-state index is 14.8. The first-order valence-electron chi connectivity index (χ1n) is 10.7. The summed E-state index contributed by atoms with van der Waals surface area (Å²) in [6, 6.07) is 1.43. The van der Waals surface area contributed by atoms with Gasteiger partial charge < -0.3 is 10.2 Å². The van der Waals surface area contributed by atoms with Crippen molar-refractivity contribution in [1.82, 2.24) is 14.5 Å². The van der Waals surface area contributed by atoms with Crippen LogP contribution in [-0.2, 0) is 41.5 Å². The molecule has 2 aromatic rings. The van der Waals surface area contributed by atoms with E-state index < -0.39 is 21.8 Å². The van der Waals surface area contributed by atoms with E-state index in [-0.39, 0.29) is 17.1 Å². The number of rotatable bonds is 3. The first-order valence-corrected chi connectivity index (χ1v) is 12.1. The van der Waals surface area contributed by atoms with Crippen LogP contribution in [0, 0.1) is 0 Å². The molecule has 0 saturated heterocycles. The summed E-state index contributed by atoms with van der Waals surface area (Å²) in [4.78, 5) is 14.2. The fourth-order valence-electron chi connectivity index (χ4n) is 5.07. The van der Waals surface area contributed by atoms with Gasteiger partial charge in [0.05, 0.1) is 6.20 Å². The Balaban J connectivity index is 1.44. The number of alkyl halides is 1. The topological polar surface area (TPSA) is 96.3 Å². The number of aromatic nitrogens is 2. The quantitative estimate of drug-likeness (QED) is 0.754. The van der Waals surface area contributed by atoms with Gasteiger partial charge in [-0.3, -0.25) is 0 Å². The van der Waals surface area contributed by atoms with Gasteiger partial charge in [0.1, 0.15) is 4.90 Å². The molecular weight excluding hydrogens is 421 g/mol. The SMILES string of the molecule is CN1CC[C@@](C)(F)n2ncc(S(=O)(=O)NC(=O)Nc3c4c(cc5c3CCC5)CCC4)c21. The second-order valence-electron chi connectivity index (χ2n) is 8.85. The van der Waals surface area contributed by atoms with E-state index in [1.807, 2.05) is 0 Å². The number of anilines is 2. The van der Waals surface area contributed by atoms with Gasteiger partial charge in [-0.15, -0.1) is 0 Å². The van der Waals surface area contributed by atoms with Crippen molar-refractivity contribution in [3.05, 3.63) is 34.5 Å². The van der Waals surface area contributed by atoms with Gasteiger partial charge in [-0.2, -0.15) is 5.10 Å². The van der Waals surface area contributed by atoms with Crippen LogP contribution < -0.4 is 14.9 Å². The van der Waals surface area contributed by atoms with Crippen LogP contribution in [0.25, 0.3) is 0 Å². The number of fused-ring (bicyclic) bond motifs is 3. The van der Waals surface area contributed by atoms with Gasteiger partial charge in [0.15, 0.2) is 5.82 Å². The van der Waals surface area contributed by atoms with Crippen LogP contribution in [0.5, 0.6) is 0 Å². The summed E-state index contributed by atoms with van der Waals surface area (Å²) in [7, 11) is -2.56. The van der Waals surface area contributed by atoms with Crippen LogP contribution in [0.3, 0.4) is 0 Å². The van der Waals surface area contributed by atoms with Gasteiger partial charge in [0.2, 0.25) is 5.79 Å². The number of carbonyl (C=O) groups is 1. The van der Waals surface area contributed by atoms with Crippen LogP contribution in [0.2, 0.25) is 0 Å². The summed E-state index contributed by atoms with van der Waals surface area (Å²) in [5.41, 5.74) is 5.48. The lowest BCUT2D eigenvalue weighted by Gasteiger charge is -2.34. The van der Waals surface area contributed by atoms with Crippen LogP contribution in [-0.4, -0.2) is 37.8 Å². The van der Waals surface area contributed by atoms with Crippen molar-refractivity contribution in [2.24, 2.45) is 0 Å². The van der Waals surface area contributed by atoms with E-state index in [0.717, 1.165) is 66.2 Å². The number of sulfonamides is 1. The third kappa shape index (κ3) is 3.28. The summed E-state index contributed by atoms with van der Waals surface area (Å²) >= 11 is 0. The predicted octanol–water partition coefficient (Wildman–Crippen LogP) is 2.85. The maximum Gasteiger partial charge on any atom is 0.333 e. The van der Waals surface area contributed by atoms with Crippen molar-refractivity contribution < 1.29 is 17.6 Å². The predicted molar refractivity (Wildman–Crippen MR) is 115 cm³/mol. The van der Waals surface area contributed by atoms with Gasteiger partial charge in [-0.1, -0.05) is 6.07 Å². The van der Waals surface area contributed by atoms with Crippen molar-refractivity contribution in [3.63, 3.8) is 0 Å². The Kier molecular flexibility index (Phi) is 4.55. The van der Waals surface area contributed by atoms with Crippen molar-refractivity contribution >= 4 is 27.6 Å². The molecule has 1 aromatic heterocycles. The first-order chi connectivity index (χ1) is 14.7. The maximum atomic E-state index is 14.8. The average molecular weight is 448 g/mol. The minimum absolute atomic E-state index is 0.137. The van der Waals surface area contributed by atoms with Crippen molar-refractivity contribution in [2.45, 2.75) is 62.6 Å². The fourth-order valence-corrected chi connectivity index (χ4v) is 6.15. The second kappa shape index (κ2) is 6.94. The summed E-state index contributed by atoms with van der Waals surface area (Å²) in [6.07, 6.45) is 7.07. The molecule has 0 radical (unpaired) electrons. The number of hydrogen-bond donors (Lipinski definition) is 2. The molecule has 1 aromatic carbocycles. The average Bonchev–Trinajstić information content (AvgIpc) is 3.42. The van der Waals surface area contributed by atoms with E-state index in [9.17, 15) is 17.6 Å². The molecule has 166 valence electrons. The molecule has 2 amide bonds. The number of nitrogens with one attached hydrogen (secondary N) is 2. The Bertz CT molecular complexity index is 1160. The highest BCUT2D eigenvalue weighted by Crippen LogP contribution is 2.39. The number of aryl methyl sites for hydroxylation is 2. The minimum atomic E-state index is -4.24. The highest BCUT2D eigenvalue weighted by atomic mass is 32.2. The largest absolute Gasteiger partial charge is 0.358 e. The van der Waals surface area contributed by atoms with Crippen LogP contribution in [0.15, 0.2) is 17.2 Å². The Labute approximate surface area is 180 Å². The van der Waals surface area contributed by atoms with Crippen LogP contribution in [0.4, 0.5) is 20.7 Å². The normalized spacial score (nSPS) is 22.1. The Morgan fingerprint density at radius 1 is 1.16 bits per heavy atom. The molecule has 1 aliphatic heterocycles. The summed E-state index contributed by atoms with van der Waals surface area (Å²) in [5, 5.41) is 6.79. The molecule has 5 rings (SSSR count). The zero-order valence-corrected chi connectivity index (χ0v) is 18.5. The molecule has 3 aliphatic rings. The van der Waals surface area contributed by atoms with Gasteiger partial charge in [0.25, 0.3) is 10.0 Å². The fraction of sp³-hybridized carbons (Fsp3) is 0.524. The molecular formula is C21H26FN5O3S. The molecule has 0 fully saturated rings. The molecule has 0 spiro atoms. The van der Waals surface area contributed by atoms with Crippen molar-refractivity contribution in [1.29, 1.82) is 0 Å². The van der Waals surface area contributed by atoms with E-state index in [2.05, 4.69) is 21.2 Å². The number of carbonyl (C=O) groups excluding carboxylic acids is 1. The number of nitrogens with zero attached hydrogens (tertiary/aromatic N) is 3. The molecule has 0 bridgehead atoms. The van der Waals surface area contributed by atoms with Crippen molar-refractivity contribution in [3.8, 4) is 0 Å². The Hall–Kier alpha value is -2.62. The summed E-state index contributed by atoms with van der Waals surface area (Å²) in [5.74, 6) is -1.65. The molecule has 8 nitrogen and oxygen atoms in total. The van der Waals surface area contributed by atoms with E-state index in [1.165, 1.54) is 18.1 Å². The van der Waals surface area contributed by atoms with E-state index >= 15 is 0 Å². The van der Waals surface area contributed by atoms with Crippen LogP contribution >= 0.6 is 0 Å². The molecule has 31 heavy (non-hydrogen) atoms. The summed E-state index contributed by atoms with van der Waals surface area (Å²) < 4.78 is 44.0. The van der Waals surface area contributed by atoms with Gasteiger partial charge in [-0.05, 0) is 67.7 Å². The number of hydrogen-bond acceptors (Lipinski definition) is 5. The zero-order chi connectivity index (χ0) is 22.0. The molecule has 2 N–H and O–H groups in total. The minimum Gasteiger partial charge on any atom is -0.358 e. The first kappa shape index (κ1) is 20.3. The van der Waals surface area contributed by atoms with E-state index in [4.69, 9.17) is 0 Å². The number of urea groups is 1. The monoisotopic (exact) mass is 447 g/mol. The molecule has 0 unspecified atom stereocenters. The van der Waals surface area contributed by atoms with Crippen LogP contribution in [0.1, 0.15) is 48.4 Å². The van der Waals surface area contributed by atoms with Gasteiger partial charge in [0, 0.05) is 25.7 Å². The smallest absolute Gasteiger partial charge is 0.333 e. The van der Waals surface area contributed by atoms with E-state index in [0.29, 0.717) is 6.54 Å². The second-order valence-corrected chi connectivity index (χ2v) is 10.5. The summed E-state index contributed by atoms with van der Waals surface area (Å²) in [6.45, 7) is 1.71. The van der Waals surface area contributed by atoms with E-state index in [1.54, 1.807) is 11.9 Å². The highest BCUT2D eigenvalue weighted by molar-refractivity contribution is 7.90. The van der Waals surface area contributed by atoms with Crippen molar-refractivity contribution in [2.75, 3.05) is 23.8 Å². The third-order valence-corrected chi connectivity index (χ3v) is 7.97. The van der Waals surface area contributed by atoms with Gasteiger partial charge >= 0.3 is 6.03 Å². The molecule has 2 aliphatic carbocycles. The number of amides is 2. The molecule has 0 saturated carbocycles. The highest BCUT2D eigenvalue weighted by Gasteiger charge is 2.39. The Morgan fingerprint density at radius 3 is 2.45 bits per heavy atom. The lowest BCUT2D eigenvalue weighted by molar-refractivity contribution is 0.0607. The standard InChI is InChI=1S/C21H26FN5O3S/c1-21(22)9-10-26(2)19-17(12-23-27(19)21)31(29,30)25-20(28)24-18-15-7-3-5-13(15)11-14-6-4-8-16(14)18/h11-12H,3-10H2,1-2H3,(H2,24,25,28)/t21-/m0/s1. The lowest BCUT2D eigenvalue weighted by Crippen LogP contribution is -2.41. The lowest BCUT2D eigenvalue weighted by atomic mass is 9.99. The molecule has 2 heterocycles. The third-order valence-electron chi connectivity index (χ3n) is 6.65. The molecule has 10 heteroatoms. The molecule has 1 atom stereocenters. The number of benzene rings is 1. The Morgan fingerprint density at radius 2 is 1.81 bits per heavy atom. The zero-order valence-electron chi connectivity index (χ0n) is 17.7. The van der Waals surface area contributed by atoms with Gasteiger partial charge in [-0.25, -0.2) is 27.0 Å². The number of halogens is 1.